The Balaban J connectivity index is 1.43. The number of piperidine rings is 1. The fourth-order valence-electron chi connectivity index (χ4n) is 3.71. The Labute approximate surface area is 136 Å². The second-order valence-electron chi connectivity index (χ2n) is 6.54. The molecule has 0 aliphatic carbocycles. The molecule has 2 heterocycles. The molecule has 2 bridgehead atoms. The molecular weight excluding hydrogens is 359 g/mol. The van der Waals surface area contributed by atoms with Crippen molar-refractivity contribution in [1.82, 2.24) is 10.6 Å². The zero-order valence-corrected chi connectivity index (χ0v) is 14.4. The van der Waals surface area contributed by atoms with Crippen LogP contribution in [0.1, 0.15) is 44.6 Å². The lowest BCUT2D eigenvalue weighted by Crippen LogP contribution is -2.48. The summed E-state index contributed by atoms with van der Waals surface area (Å²) in [5.41, 5.74) is 1.46. The zero-order chi connectivity index (χ0) is 13.9. The van der Waals surface area contributed by atoms with Gasteiger partial charge in [0, 0.05) is 27.7 Å². The Kier molecular flexibility index (Phi) is 5.00. The lowest BCUT2D eigenvalue weighted by atomic mass is 9.98. The van der Waals surface area contributed by atoms with Crippen LogP contribution in [0.5, 0.6) is 0 Å². The number of aryl methyl sites for hydroxylation is 1. The maximum Gasteiger partial charge on any atom is 0.0130 e. The second kappa shape index (κ2) is 6.75. The number of nitrogens with one attached hydrogen (secondary N) is 2. The first-order valence-corrected chi connectivity index (χ1v) is 9.03. The second-order valence-corrected chi connectivity index (χ2v) is 7.78. The fourth-order valence-corrected chi connectivity index (χ4v) is 4.07. The summed E-state index contributed by atoms with van der Waals surface area (Å²) in [4.78, 5) is 0. The van der Waals surface area contributed by atoms with Crippen LogP contribution < -0.4 is 10.6 Å². The van der Waals surface area contributed by atoms with Gasteiger partial charge in [0.1, 0.15) is 0 Å². The molecule has 4 atom stereocenters. The normalized spacial score (nSPS) is 30.4. The predicted octanol–water partition coefficient (Wildman–Crippen LogP) is 3.48. The van der Waals surface area contributed by atoms with Crippen LogP contribution in [-0.2, 0) is 6.42 Å². The highest BCUT2D eigenvalue weighted by Gasteiger charge is 2.33. The monoisotopic (exact) mass is 384 g/mol. The molecule has 0 aromatic heterocycles. The third kappa shape index (κ3) is 3.95. The minimum absolute atomic E-state index is 0.622. The first-order chi connectivity index (χ1) is 9.69. The molecule has 2 N–H and O–H groups in total. The molecule has 0 radical (unpaired) electrons. The van der Waals surface area contributed by atoms with E-state index in [9.17, 15) is 0 Å². The summed E-state index contributed by atoms with van der Waals surface area (Å²) in [6.45, 7) is 2.34. The summed E-state index contributed by atoms with van der Waals surface area (Å²) < 4.78 is 1.32. The molecule has 2 aliphatic heterocycles. The zero-order valence-electron chi connectivity index (χ0n) is 12.2. The average Bonchev–Trinajstić information content (AvgIpc) is 2.77. The van der Waals surface area contributed by atoms with Crippen molar-refractivity contribution in [3.8, 4) is 0 Å². The topological polar surface area (TPSA) is 24.1 Å². The van der Waals surface area contributed by atoms with E-state index in [0.29, 0.717) is 6.04 Å². The lowest BCUT2D eigenvalue weighted by molar-refractivity contribution is 0.294. The maximum atomic E-state index is 3.86. The van der Waals surface area contributed by atoms with Gasteiger partial charge in [-0.2, -0.15) is 0 Å². The van der Waals surface area contributed by atoms with E-state index in [1.165, 1.54) is 47.7 Å². The molecule has 1 aromatic rings. The summed E-state index contributed by atoms with van der Waals surface area (Å²) in [5, 5.41) is 7.58. The van der Waals surface area contributed by atoms with Crippen LogP contribution in [0.3, 0.4) is 0 Å². The molecule has 2 saturated heterocycles. The molecule has 2 aliphatic rings. The molecule has 2 fully saturated rings. The summed E-state index contributed by atoms with van der Waals surface area (Å²) in [7, 11) is 0. The summed E-state index contributed by atoms with van der Waals surface area (Å²) in [5.74, 6) is 0. The van der Waals surface area contributed by atoms with Crippen molar-refractivity contribution in [2.24, 2.45) is 0 Å². The van der Waals surface area contributed by atoms with Crippen LogP contribution in [0.15, 0.2) is 24.3 Å². The standard InChI is InChI=1S/C17H25IN2/c1-12(2-3-13-4-6-14(18)7-5-13)19-17-10-15-8-9-16(11-17)20-15/h4-7,12,15-17,19-20H,2-3,8-11H2,1H3/t12?,15-,16+,17?. The van der Waals surface area contributed by atoms with E-state index >= 15 is 0 Å². The van der Waals surface area contributed by atoms with Crippen molar-refractivity contribution in [3.05, 3.63) is 33.4 Å². The molecular formula is C17H25IN2. The highest BCUT2D eigenvalue weighted by atomic mass is 127. The van der Waals surface area contributed by atoms with Gasteiger partial charge in [-0.1, -0.05) is 12.1 Å². The highest BCUT2D eigenvalue weighted by Crippen LogP contribution is 2.27. The van der Waals surface area contributed by atoms with Crippen molar-refractivity contribution in [2.45, 2.75) is 69.6 Å². The summed E-state index contributed by atoms with van der Waals surface area (Å²) >= 11 is 2.37. The van der Waals surface area contributed by atoms with Crippen molar-refractivity contribution in [3.63, 3.8) is 0 Å². The van der Waals surface area contributed by atoms with E-state index in [0.717, 1.165) is 18.1 Å². The molecule has 2 unspecified atom stereocenters. The van der Waals surface area contributed by atoms with Gasteiger partial charge < -0.3 is 10.6 Å². The van der Waals surface area contributed by atoms with Crippen molar-refractivity contribution < 1.29 is 0 Å². The Morgan fingerprint density at radius 3 is 2.50 bits per heavy atom. The van der Waals surface area contributed by atoms with E-state index in [2.05, 4.69) is 64.4 Å². The predicted molar refractivity (Wildman–Crippen MR) is 93.0 cm³/mol. The van der Waals surface area contributed by atoms with Gasteiger partial charge in [0.25, 0.3) is 0 Å². The summed E-state index contributed by atoms with van der Waals surface area (Å²) in [6, 6.07) is 11.9. The van der Waals surface area contributed by atoms with E-state index < -0.39 is 0 Å². The summed E-state index contributed by atoms with van der Waals surface area (Å²) in [6.07, 6.45) is 7.84. The van der Waals surface area contributed by atoms with Gasteiger partial charge in [-0.15, -0.1) is 0 Å². The minimum Gasteiger partial charge on any atom is -0.311 e. The van der Waals surface area contributed by atoms with E-state index in [-0.39, 0.29) is 0 Å². The quantitative estimate of drug-likeness (QED) is 0.760. The molecule has 0 spiro atoms. The Bertz CT molecular complexity index is 419. The highest BCUT2D eigenvalue weighted by molar-refractivity contribution is 14.1. The first-order valence-electron chi connectivity index (χ1n) is 7.95. The Morgan fingerprint density at radius 2 is 1.85 bits per heavy atom. The van der Waals surface area contributed by atoms with Crippen LogP contribution in [0.25, 0.3) is 0 Å². The largest absolute Gasteiger partial charge is 0.311 e. The van der Waals surface area contributed by atoms with E-state index in [4.69, 9.17) is 0 Å². The molecule has 2 nitrogen and oxygen atoms in total. The SMILES string of the molecule is CC(CCc1ccc(I)cc1)NC1C[C@H]2CC[C@@H](C1)N2. The molecule has 1 aromatic carbocycles. The van der Waals surface area contributed by atoms with Crippen molar-refractivity contribution in [2.75, 3.05) is 0 Å². The van der Waals surface area contributed by atoms with Gasteiger partial charge in [0.05, 0.1) is 0 Å². The Hall–Kier alpha value is -0.130. The first kappa shape index (κ1) is 14.8. The molecule has 110 valence electrons. The van der Waals surface area contributed by atoms with Crippen LogP contribution >= 0.6 is 22.6 Å². The third-order valence-corrected chi connectivity index (χ3v) is 5.49. The van der Waals surface area contributed by atoms with Gasteiger partial charge in [-0.3, -0.25) is 0 Å². The lowest BCUT2D eigenvalue weighted by Gasteiger charge is -2.32. The average molecular weight is 384 g/mol. The van der Waals surface area contributed by atoms with Crippen LogP contribution in [0, 0.1) is 3.57 Å². The molecule has 0 saturated carbocycles. The van der Waals surface area contributed by atoms with Crippen LogP contribution in [0.4, 0.5) is 0 Å². The van der Waals surface area contributed by atoms with Crippen LogP contribution in [0.2, 0.25) is 0 Å². The van der Waals surface area contributed by atoms with Crippen molar-refractivity contribution >= 4 is 22.6 Å². The number of fused-ring (bicyclic) bond motifs is 2. The fraction of sp³-hybridized carbons (Fsp3) is 0.647. The van der Waals surface area contributed by atoms with E-state index in [1.807, 2.05) is 0 Å². The smallest absolute Gasteiger partial charge is 0.0130 e. The molecule has 3 rings (SSSR count). The maximum absolute atomic E-state index is 3.86. The third-order valence-electron chi connectivity index (χ3n) is 4.77. The Morgan fingerprint density at radius 1 is 1.20 bits per heavy atom. The minimum atomic E-state index is 0.622. The number of benzene rings is 1. The number of halogens is 1. The molecule has 3 heteroatoms. The van der Waals surface area contributed by atoms with Crippen LogP contribution in [-0.4, -0.2) is 24.2 Å². The van der Waals surface area contributed by atoms with Gasteiger partial charge >= 0.3 is 0 Å². The number of rotatable bonds is 5. The number of hydrogen-bond donors (Lipinski definition) is 2. The molecule has 20 heavy (non-hydrogen) atoms. The van der Waals surface area contributed by atoms with Crippen molar-refractivity contribution in [1.29, 1.82) is 0 Å². The van der Waals surface area contributed by atoms with Gasteiger partial charge in [0.15, 0.2) is 0 Å². The molecule has 0 amide bonds. The van der Waals surface area contributed by atoms with Gasteiger partial charge in [-0.25, -0.2) is 0 Å². The van der Waals surface area contributed by atoms with Gasteiger partial charge in [0.2, 0.25) is 0 Å². The van der Waals surface area contributed by atoms with E-state index in [1.54, 1.807) is 0 Å². The van der Waals surface area contributed by atoms with Gasteiger partial charge in [-0.05, 0) is 85.7 Å². The number of hydrogen-bond acceptors (Lipinski definition) is 2.